The van der Waals surface area contributed by atoms with Gasteiger partial charge in [0.1, 0.15) is 0 Å². The molecule has 0 unspecified atom stereocenters. The van der Waals surface area contributed by atoms with Crippen molar-refractivity contribution in [1.82, 2.24) is 0 Å². The second-order valence-corrected chi connectivity index (χ2v) is 3.56. The molecule has 1 heteroatoms. The third-order valence-electron chi connectivity index (χ3n) is 0.761. The molecule has 0 aromatic carbocycles. The molecule has 0 radical (unpaired) electrons. The fraction of sp³-hybridized carbons (Fsp3) is 0.714. The molecule has 0 aliphatic rings. The molecule has 0 amide bonds. The minimum absolute atomic E-state index is 0.770. The fourth-order valence-corrected chi connectivity index (χ4v) is 1.03. The van der Waals surface area contributed by atoms with E-state index in [0.717, 1.165) is 11.0 Å². The smallest absolute Gasteiger partial charge is 0.0115 e. The van der Waals surface area contributed by atoms with Crippen molar-refractivity contribution in [3.63, 3.8) is 0 Å². The lowest BCUT2D eigenvalue weighted by Gasteiger charge is -1.97. The van der Waals surface area contributed by atoms with Gasteiger partial charge >= 0.3 is 0 Å². The summed E-state index contributed by atoms with van der Waals surface area (Å²) in [6.45, 7) is 6.49. The summed E-state index contributed by atoms with van der Waals surface area (Å²) in [4.78, 5) is 0. The van der Waals surface area contributed by atoms with Crippen LogP contribution in [0.2, 0.25) is 0 Å². The van der Waals surface area contributed by atoms with Gasteiger partial charge in [0, 0.05) is 5.75 Å². The average molecular weight is 130 g/mol. The fourth-order valence-electron chi connectivity index (χ4n) is 0.344. The van der Waals surface area contributed by atoms with Crippen molar-refractivity contribution in [3.8, 4) is 0 Å². The van der Waals surface area contributed by atoms with E-state index < -0.39 is 0 Å². The Labute approximate surface area is 56.4 Å². The van der Waals surface area contributed by atoms with Crippen LogP contribution in [0.25, 0.3) is 0 Å². The summed E-state index contributed by atoms with van der Waals surface area (Å²) in [5.74, 6) is 1.16. The minimum Gasteiger partial charge on any atom is -0.155 e. The molecule has 0 aromatic heterocycles. The number of hydrogen-bond acceptors (Lipinski definition) is 1. The van der Waals surface area contributed by atoms with Crippen molar-refractivity contribution in [2.75, 3.05) is 5.75 Å². The van der Waals surface area contributed by atoms with Gasteiger partial charge in [-0.2, -0.15) is 11.8 Å². The first kappa shape index (κ1) is 8.09. The Kier molecular flexibility index (Phi) is 5.29. The van der Waals surface area contributed by atoms with Crippen LogP contribution in [0.5, 0.6) is 0 Å². The Morgan fingerprint density at radius 2 is 2.12 bits per heavy atom. The standard InChI is InChI=1S/C7H14S/c1-4-5-6-8-7(2)3/h4-5,7H,6H2,1-3H3. The zero-order chi connectivity index (χ0) is 6.41. The summed E-state index contributed by atoms with van der Waals surface area (Å²) in [6.07, 6.45) is 4.28. The van der Waals surface area contributed by atoms with Gasteiger partial charge in [-0.05, 0) is 12.2 Å². The van der Waals surface area contributed by atoms with Gasteiger partial charge in [0.2, 0.25) is 0 Å². The molecular weight excluding hydrogens is 116 g/mol. The lowest BCUT2D eigenvalue weighted by Crippen LogP contribution is -1.85. The van der Waals surface area contributed by atoms with Crippen molar-refractivity contribution in [3.05, 3.63) is 12.2 Å². The van der Waals surface area contributed by atoms with Gasteiger partial charge in [0.25, 0.3) is 0 Å². The van der Waals surface area contributed by atoms with Crippen LogP contribution in [0, 0.1) is 0 Å². The highest BCUT2D eigenvalue weighted by atomic mass is 32.2. The Bertz CT molecular complexity index is 64.8. The first-order chi connectivity index (χ1) is 3.77. The zero-order valence-electron chi connectivity index (χ0n) is 5.85. The van der Waals surface area contributed by atoms with Gasteiger partial charge in [-0.1, -0.05) is 26.0 Å². The van der Waals surface area contributed by atoms with E-state index in [0.29, 0.717) is 0 Å². The van der Waals surface area contributed by atoms with Crippen LogP contribution in [0.15, 0.2) is 12.2 Å². The Morgan fingerprint density at radius 1 is 1.50 bits per heavy atom. The van der Waals surface area contributed by atoms with E-state index in [4.69, 9.17) is 0 Å². The third-order valence-corrected chi connectivity index (χ3v) is 1.81. The maximum absolute atomic E-state index is 2.22. The molecule has 0 aliphatic carbocycles. The van der Waals surface area contributed by atoms with Crippen molar-refractivity contribution in [2.45, 2.75) is 26.0 Å². The molecule has 48 valence electrons. The molecule has 0 aliphatic heterocycles. The van der Waals surface area contributed by atoms with Crippen LogP contribution in [0.1, 0.15) is 20.8 Å². The minimum atomic E-state index is 0.770. The van der Waals surface area contributed by atoms with Gasteiger partial charge in [-0.25, -0.2) is 0 Å². The van der Waals surface area contributed by atoms with Crippen molar-refractivity contribution < 1.29 is 0 Å². The second kappa shape index (κ2) is 5.23. The summed E-state index contributed by atoms with van der Waals surface area (Å²) in [5.41, 5.74) is 0. The van der Waals surface area contributed by atoms with E-state index in [9.17, 15) is 0 Å². The quantitative estimate of drug-likeness (QED) is 0.529. The second-order valence-electron chi connectivity index (χ2n) is 1.95. The molecule has 8 heavy (non-hydrogen) atoms. The first-order valence-electron chi connectivity index (χ1n) is 3.00. The molecule has 0 N–H and O–H groups in total. The topological polar surface area (TPSA) is 0 Å². The normalized spacial score (nSPS) is 11.5. The Morgan fingerprint density at radius 3 is 2.50 bits per heavy atom. The molecule has 0 saturated carbocycles. The highest BCUT2D eigenvalue weighted by Gasteiger charge is 1.87. The van der Waals surface area contributed by atoms with Crippen molar-refractivity contribution >= 4 is 11.8 Å². The summed E-state index contributed by atoms with van der Waals surface area (Å²) in [6, 6.07) is 0. The molecule has 0 spiro atoms. The molecule has 0 atom stereocenters. The van der Waals surface area contributed by atoms with Crippen LogP contribution < -0.4 is 0 Å². The highest BCUT2D eigenvalue weighted by Crippen LogP contribution is 2.07. The monoisotopic (exact) mass is 130 g/mol. The van der Waals surface area contributed by atoms with E-state index in [-0.39, 0.29) is 0 Å². The molecular formula is C7H14S. The predicted molar refractivity (Wildman–Crippen MR) is 42.4 cm³/mol. The van der Waals surface area contributed by atoms with E-state index in [1.165, 1.54) is 0 Å². The van der Waals surface area contributed by atoms with Crippen molar-refractivity contribution in [1.29, 1.82) is 0 Å². The van der Waals surface area contributed by atoms with Crippen molar-refractivity contribution in [2.24, 2.45) is 0 Å². The molecule has 0 fully saturated rings. The third kappa shape index (κ3) is 6.09. The lowest BCUT2D eigenvalue weighted by molar-refractivity contribution is 1.11. The number of rotatable bonds is 3. The van der Waals surface area contributed by atoms with Crippen LogP contribution in [0.4, 0.5) is 0 Å². The summed E-state index contributed by atoms with van der Waals surface area (Å²) >= 11 is 1.97. The van der Waals surface area contributed by atoms with Gasteiger partial charge in [-0.15, -0.1) is 0 Å². The molecule has 0 bridgehead atoms. The maximum atomic E-state index is 2.22. The Hall–Kier alpha value is 0.0900. The highest BCUT2D eigenvalue weighted by molar-refractivity contribution is 7.99. The van der Waals surface area contributed by atoms with Gasteiger partial charge in [-0.3, -0.25) is 0 Å². The average Bonchev–Trinajstić information content (AvgIpc) is 1.66. The Balaban J connectivity index is 2.93. The van der Waals surface area contributed by atoms with Gasteiger partial charge < -0.3 is 0 Å². The maximum Gasteiger partial charge on any atom is 0.0115 e. The van der Waals surface area contributed by atoms with Crippen LogP contribution in [-0.2, 0) is 0 Å². The summed E-state index contributed by atoms with van der Waals surface area (Å²) in [5, 5.41) is 0.770. The summed E-state index contributed by atoms with van der Waals surface area (Å²) < 4.78 is 0. The SMILES string of the molecule is CC=CCSC(C)C. The van der Waals surface area contributed by atoms with E-state index in [1.54, 1.807) is 0 Å². The number of hydrogen-bond donors (Lipinski definition) is 0. The van der Waals surface area contributed by atoms with E-state index in [2.05, 4.69) is 32.9 Å². The molecule has 0 rings (SSSR count). The van der Waals surface area contributed by atoms with Crippen LogP contribution >= 0.6 is 11.8 Å². The van der Waals surface area contributed by atoms with E-state index in [1.807, 2.05) is 11.8 Å². The first-order valence-corrected chi connectivity index (χ1v) is 4.05. The molecule has 0 aromatic rings. The predicted octanol–water partition coefficient (Wildman–Crippen LogP) is 2.70. The molecule has 0 heterocycles. The van der Waals surface area contributed by atoms with Crippen LogP contribution in [0.3, 0.4) is 0 Å². The lowest BCUT2D eigenvalue weighted by atomic mass is 10.6. The van der Waals surface area contributed by atoms with Gasteiger partial charge in [0.15, 0.2) is 0 Å². The summed E-state index contributed by atoms with van der Waals surface area (Å²) in [7, 11) is 0. The largest absolute Gasteiger partial charge is 0.155 e. The van der Waals surface area contributed by atoms with Gasteiger partial charge in [0.05, 0.1) is 0 Å². The zero-order valence-corrected chi connectivity index (χ0v) is 6.66. The number of allylic oxidation sites excluding steroid dienone is 1. The molecule has 0 nitrogen and oxygen atoms in total. The van der Waals surface area contributed by atoms with Crippen LogP contribution in [-0.4, -0.2) is 11.0 Å². The number of thioether (sulfide) groups is 1. The molecule has 0 saturated heterocycles. The van der Waals surface area contributed by atoms with E-state index >= 15 is 0 Å².